The summed E-state index contributed by atoms with van der Waals surface area (Å²) in [5, 5.41) is 31.0. The molecule has 26 heavy (non-hydrogen) atoms. The summed E-state index contributed by atoms with van der Waals surface area (Å²) in [6, 6.07) is 14.0. The van der Waals surface area contributed by atoms with Gasteiger partial charge in [0.05, 0.1) is 0 Å². The Labute approximate surface area is 157 Å². The van der Waals surface area contributed by atoms with E-state index in [1.165, 1.54) is 12.1 Å². The topological polar surface area (TPSA) is 68.4 Å². The standard InChI is InChI=1S/C20H20ClN3O2/c1-3-24(4-2)17-12-19(26)20(15-8-6-5-7-14(15)17)23-22-16-11-13(21)9-10-18(16)25/h5-12,25-26H,3-4H2,1-2H3. The fourth-order valence-electron chi connectivity index (χ4n) is 2.94. The first-order valence-electron chi connectivity index (χ1n) is 8.45. The molecule has 0 aliphatic heterocycles. The van der Waals surface area contributed by atoms with Gasteiger partial charge in [0.15, 0.2) is 0 Å². The van der Waals surface area contributed by atoms with Gasteiger partial charge in [-0.05, 0) is 32.0 Å². The Bertz CT molecular complexity index is 969. The summed E-state index contributed by atoms with van der Waals surface area (Å²) < 4.78 is 0. The number of phenols is 2. The molecule has 0 bridgehead atoms. The average Bonchev–Trinajstić information content (AvgIpc) is 2.65. The summed E-state index contributed by atoms with van der Waals surface area (Å²) in [7, 11) is 0. The number of hydrogen-bond acceptors (Lipinski definition) is 5. The number of nitrogens with zero attached hydrogens (tertiary/aromatic N) is 3. The molecule has 2 N–H and O–H groups in total. The highest BCUT2D eigenvalue weighted by Gasteiger charge is 2.14. The number of phenolic OH excluding ortho intramolecular Hbond substituents is 2. The molecule has 0 saturated heterocycles. The van der Waals surface area contributed by atoms with E-state index in [0.29, 0.717) is 10.7 Å². The molecule has 0 amide bonds. The van der Waals surface area contributed by atoms with Gasteiger partial charge < -0.3 is 15.1 Å². The first-order chi connectivity index (χ1) is 12.5. The number of halogens is 1. The first-order valence-corrected chi connectivity index (χ1v) is 8.82. The van der Waals surface area contributed by atoms with Crippen molar-refractivity contribution in [2.75, 3.05) is 18.0 Å². The zero-order chi connectivity index (χ0) is 18.7. The van der Waals surface area contributed by atoms with Crippen molar-refractivity contribution in [3.8, 4) is 11.5 Å². The minimum Gasteiger partial charge on any atom is -0.506 e. The number of rotatable bonds is 5. The minimum absolute atomic E-state index is 0.0262. The summed E-state index contributed by atoms with van der Waals surface area (Å²) in [6.07, 6.45) is 0. The third-order valence-corrected chi connectivity index (χ3v) is 4.51. The van der Waals surface area contributed by atoms with Crippen molar-refractivity contribution in [3.63, 3.8) is 0 Å². The molecule has 3 aromatic carbocycles. The van der Waals surface area contributed by atoms with Gasteiger partial charge in [0.25, 0.3) is 0 Å². The van der Waals surface area contributed by atoms with Gasteiger partial charge in [-0.2, -0.15) is 0 Å². The normalized spacial score (nSPS) is 11.3. The predicted octanol–water partition coefficient (Wildman–Crippen LogP) is 6.17. The molecule has 0 heterocycles. The lowest BCUT2D eigenvalue weighted by molar-refractivity contribution is 0.474. The number of fused-ring (bicyclic) bond motifs is 1. The van der Waals surface area contributed by atoms with Crippen LogP contribution in [0.1, 0.15) is 13.8 Å². The van der Waals surface area contributed by atoms with E-state index in [0.717, 1.165) is 29.5 Å². The van der Waals surface area contributed by atoms with Crippen LogP contribution in [0, 0.1) is 0 Å². The van der Waals surface area contributed by atoms with E-state index < -0.39 is 0 Å². The molecular weight excluding hydrogens is 350 g/mol. The Morgan fingerprint density at radius 2 is 1.58 bits per heavy atom. The van der Waals surface area contributed by atoms with Crippen LogP contribution >= 0.6 is 11.6 Å². The van der Waals surface area contributed by atoms with Crippen LogP contribution in [-0.4, -0.2) is 23.3 Å². The number of anilines is 1. The maximum atomic E-state index is 10.6. The van der Waals surface area contributed by atoms with Gasteiger partial charge in [-0.15, -0.1) is 10.2 Å². The van der Waals surface area contributed by atoms with Crippen molar-refractivity contribution in [2.45, 2.75) is 13.8 Å². The van der Waals surface area contributed by atoms with Crippen LogP contribution in [0.15, 0.2) is 58.8 Å². The van der Waals surface area contributed by atoms with Crippen LogP contribution in [0.25, 0.3) is 10.8 Å². The second-order valence-corrected chi connectivity index (χ2v) is 6.25. The van der Waals surface area contributed by atoms with E-state index >= 15 is 0 Å². The zero-order valence-corrected chi connectivity index (χ0v) is 15.4. The highest BCUT2D eigenvalue weighted by Crippen LogP contribution is 2.42. The van der Waals surface area contributed by atoms with Crippen molar-refractivity contribution in [3.05, 3.63) is 53.6 Å². The summed E-state index contributed by atoms with van der Waals surface area (Å²) in [5.74, 6) is 0.0116. The molecule has 0 fully saturated rings. The molecular formula is C20H20ClN3O2. The third kappa shape index (κ3) is 3.44. The number of aromatic hydroxyl groups is 2. The molecule has 6 heteroatoms. The molecule has 3 aromatic rings. The van der Waals surface area contributed by atoms with Crippen molar-refractivity contribution in [2.24, 2.45) is 10.2 Å². The summed E-state index contributed by atoms with van der Waals surface area (Å²) in [6.45, 7) is 5.81. The fraction of sp³-hybridized carbons (Fsp3) is 0.200. The monoisotopic (exact) mass is 369 g/mol. The molecule has 0 aliphatic rings. The summed E-state index contributed by atoms with van der Waals surface area (Å²) >= 11 is 5.94. The molecule has 0 saturated carbocycles. The van der Waals surface area contributed by atoms with E-state index in [1.54, 1.807) is 12.1 Å². The molecule has 0 aromatic heterocycles. The van der Waals surface area contributed by atoms with Crippen LogP contribution in [-0.2, 0) is 0 Å². The first kappa shape index (κ1) is 18.0. The maximum Gasteiger partial charge on any atom is 0.145 e. The lowest BCUT2D eigenvalue weighted by atomic mass is 10.1. The van der Waals surface area contributed by atoms with Gasteiger partial charge in [0.1, 0.15) is 22.9 Å². The molecule has 0 spiro atoms. The van der Waals surface area contributed by atoms with Crippen molar-refractivity contribution < 1.29 is 10.2 Å². The SMILES string of the molecule is CCN(CC)c1cc(O)c(N=Nc2cc(Cl)ccc2O)c2ccccc12. The molecule has 134 valence electrons. The van der Waals surface area contributed by atoms with Gasteiger partial charge in [-0.3, -0.25) is 0 Å². The largest absolute Gasteiger partial charge is 0.506 e. The molecule has 0 radical (unpaired) electrons. The van der Waals surface area contributed by atoms with Crippen LogP contribution in [0.4, 0.5) is 17.1 Å². The Morgan fingerprint density at radius 3 is 2.27 bits per heavy atom. The lowest BCUT2D eigenvalue weighted by Gasteiger charge is -2.23. The second-order valence-electron chi connectivity index (χ2n) is 5.81. The molecule has 3 rings (SSSR count). The highest BCUT2D eigenvalue weighted by molar-refractivity contribution is 6.30. The van der Waals surface area contributed by atoms with E-state index in [-0.39, 0.29) is 17.2 Å². The van der Waals surface area contributed by atoms with Crippen molar-refractivity contribution in [1.29, 1.82) is 0 Å². The van der Waals surface area contributed by atoms with Crippen LogP contribution in [0.2, 0.25) is 5.02 Å². The van der Waals surface area contributed by atoms with Crippen LogP contribution in [0.5, 0.6) is 11.5 Å². The maximum absolute atomic E-state index is 10.6. The smallest absolute Gasteiger partial charge is 0.145 e. The molecule has 0 aliphatic carbocycles. The van der Waals surface area contributed by atoms with Gasteiger partial charge in [-0.1, -0.05) is 35.9 Å². The number of azo groups is 1. The van der Waals surface area contributed by atoms with Crippen molar-refractivity contribution in [1.82, 2.24) is 0 Å². The minimum atomic E-state index is -0.0262. The fourth-order valence-corrected chi connectivity index (χ4v) is 3.10. The Balaban J connectivity index is 2.15. The van der Waals surface area contributed by atoms with Gasteiger partial charge in [-0.25, -0.2) is 0 Å². The second kappa shape index (κ2) is 7.62. The van der Waals surface area contributed by atoms with Gasteiger partial charge >= 0.3 is 0 Å². The van der Waals surface area contributed by atoms with E-state index in [9.17, 15) is 10.2 Å². The van der Waals surface area contributed by atoms with Gasteiger partial charge in [0.2, 0.25) is 0 Å². The number of benzene rings is 3. The highest BCUT2D eigenvalue weighted by atomic mass is 35.5. The quantitative estimate of drug-likeness (QED) is 0.528. The van der Waals surface area contributed by atoms with Crippen molar-refractivity contribution >= 4 is 39.4 Å². The van der Waals surface area contributed by atoms with Crippen LogP contribution in [0.3, 0.4) is 0 Å². The Morgan fingerprint density at radius 1 is 0.885 bits per heavy atom. The van der Waals surface area contributed by atoms with Gasteiger partial charge in [0, 0.05) is 40.6 Å². The predicted molar refractivity (Wildman–Crippen MR) is 106 cm³/mol. The average molecular weight is 370 g/mol. The Hall–Kier alpha value is -2.79. The zero-order valence-electron chi connectivity index (χ0n) is 14.6. The third-order valence-electron chi connectivity index (χ3n) is 4.27. The summed E-state index contributed by atoms with van der Waals surface area (Å²) in [5.41, 5.74) is 1.55. The molecule has 5 nitrogen and oxygen atoms in total. The van der Waals surface area contributed by atoms with E-state index in [1.807, 2.05) is 24.3 Å². The summed E-state index contributed by atoms with van der Waals surface area (Å²) in [4.78, 5) is 2.17. The number of hydrogen-bond donors (Lipinski definition) is 2. The lowest BCUT2D eigenvalue weighted by Crippen LogP contribution is -2.21. The Kier molecular flexibility index (Phi) is 5.28. The van der Waals surface area contributed by atoms with E-state index in [2.05, 4.69) is 29.0 Å². The van der Waals surface area contributed by atoms with E-state index in [4.69, 9.17) is 11.6 Å². The van der Waals surface area contributed by atoms with Crippen LogP contribution < -0.4 is 4.90 Å². The molecule has 0 unspecified atom stereocenters. The molecule has 0 atom stereocenters.